The molecular formula is C6H5BrCl2N2O. The lowest BCUT2D eigenvalue weighted by Gasteiger charge is -2.00. The molecule has 1 aromatic heterocycles. The first-order chi connectivity index (χ1) is 5.52. The summed E-state index contributed by atoms with van der Waals surface area (Å²) in [6.07, 6.45) is 0. The van der Waals surface area contributed by atoms with Crippen molar-refractivity contribution in [3.8, 4) is 0 Å². The first-order valence-corrected chi connectivity index (χ1v) is 4.63. The molecule has 0 saturated heterocycles. The third-order valence-corrected chi connectivity index (χ3v) is 2.55. The van der Waals surface area contributed by atoms with E-state index in [1.807, 2.05) is 0 Å². The van der Waals surface area contributed by atoms with Crippen molar-refractivity contribution in [2.75, 3.05) is 0 Å². The SMILES string of the molecule is CC(=O)Cn1c(Br)nc(Cl)c1Cl. The van der Waals surface area contributed by atoms with Gasteiger partial charge in [0.25, 0.3) is 0 Å². The molecular weight excluding hydrogens is 267 g/mol. The molecule has 1 aromatic rings. The Hall–Kier alpha value is -0.0600. The Morgan fingerprint density at radius 1 is 1.67 bits per heavy atom. The molecule has 0 unspecified atom stereocenters. The maximum Gasteiger partial charge on any atom is 0.180 e. The van der Waals surface area contributed by atoms with E-state index in [9.17, 15) is 4.79 Å². The number of rotatable bonds is 2. The number of Topliss-reactive ketones (excluding diaryl/α,β-unsaturated/α-hetero) is 1. The number of aromatic nitrogens is 2. The second-order valence-corrected chi connectivity index (χ2v) is 3.68. The highest BCUT2D eigenvalue weighted by atomic mass is 79.9. The van der Waals surface area contributed by atoms with Crippen LogP contribution in [0, 0.1) is 0 Å². The molecule has 12 heavy (non-hydrogen) atoms. The molecule has 0 fully saturated rings. The van der Waals surface area contributed by atoms with E-state index in [2.05, 4.69) is 20.9 Å². The topological polar surface area (TPSA) is 34.9 Å². The van der Waals surface area contributed by atoms with Gasteiger partial charge in [0.2, 0.25) is 0 Å². The number of ketones is 1. The Bertz CT molecular complexity index is 324. The van der Waals surface area contributed by atoms with Crippen molar-refractivity contribution in [3.05, 3.63) is 15.0 Å². The zero-order valence-electron chi connectivity index (χ0n) is 6.14. The minimum absolute atomic E-state index is 0.00772. The van der Waals surface area contributed by atoms with E-state index in [0.29, 0.717) is 4.73 Å². The molecule has 0 radical (unpaired) electrons. The van der Waals surface area contributed by atoms with E-state index in [1.54, 1.807) is 0 Å². The van der Waals surface area contributed by atoms with Crippen molar-refractivity contribution >= 4 is 44.9 Å². The third kappa shape index (κ3) is 2.00. The highest BCUT2D eigenvalue weighted by molar-refractivity contribution is 9.10. The number of nitrogens with zero attached hydrogens (tertiary/aromatic N) is 2. The normalized spacial score (nSPS) is 10.3. The minimum Gasteiger partial charge on any atom is -0.301 e. The molecule has 6 heteroatoms. The molecule has 3 nitrogen and oxygen atoms in total. The Balaban J connectivity index is 3.05. The molecule has 0 N–H and O–H groups in total. The fraction of sp³-hybridized carbons (Fsp3) is 0.333. The van der Waals surface area contributed by atoms with Gasteiger partial charge in [0, 0.05) is 0 Å². The summed E-state index contributed by atoms with van der Waals surface area (Å²) in [7, 11) is 0. The fourth-order valence-corrected chi connectivity index (χ4v) is 1.79. The predicted molar refractivity (Wildman–Crippen MR) is 50.6 cm³/mol. The molecule has 0 saturated carbocycles. The Kier molecular flexibility index (Phi) is 3.15. The van der Waals surface area contributed by atoms with Crippen LogP contribution in [0.25, 0.3) is 0 Å². The van der Waals surface area contributed by atoms with E-state index < -0.39 is 0 Å². The van der Waals surface area contributed by atoms with Crippen LogP contribution in [0.2, 0.25) is 10.3 Å². The van der Waals surface area contributed by atoms with E-state index in [-0.39, 0.29) is 22.6 Å². The maximum atomic E-state index is 10.8. The highest BCUT2D eigenvalue weighted by Gasteiger charge is 2.12. The van der Waals surface area contributed by atoms with Crippen molar-refractivity contribution in [2.45, 2.75) is 13.5 Å². The molecule has 0 aromatic carbocycles. The quantitative estimate of drug-likeness (QED) is 0.829. The molecule has 0 spiro atoms. The molecule has 1 rings (SSSR count). The summed E-state index contributed by atoms with van der Waals surface area (Å²) in [6.45, 7) is 1.65. The van der Waals surface area contributed by atoms with Crippen LogP contribution < -0.4 is 0 Å². The summed E-state index contributed by atoms with van der Waals surface area (Å²) in [4.78, 5) is 14.6. The van der Waals surface area contributed by atoms with Crippen molar-refractivity contribution in [1.29, 1.82) is 0 Å². The number of hydrogen-bond donors (Lipinski definition) is 0. The average molecular weight is 272 g/mol. The van der Waals surface area contributed by atoms with Crippen molar-refractivity contribution in [2.24, 2.45) is 0 Å². The van der Waals surface area contributed by atoms with Gasteiger partial charge >= 0.3 is 0 Å². The van der Waals surface area contributed by atoms with Crippen LogP contribution in [0.5, 0.6) is 0 Å². The maximum absolute atomic E-state index is 10.8. The zero-order valence-corrected chi connectivity index (χ0v) is 9.24. The van der Waals surface area contributed by atoms with Crippen LogP contribution in [0.4, 0.5) is 0 Å². The van der Waals surface area contributed by atoms with Crippen LogP contribution >= 0.6 is 39.1 Å². The molecule has 0 aliphatic carbocycles. The molecule has 0 aliphatic rings. The second kappa shape index (κ2) is 3.77. The van der Waals surface area contributed by atoms with Crippen molar-refractivity contribution in [1.82, 2.24) is 9.55 Å². The molecule has 66 valence electrons. The van der Waals surface area contributed by atoms with Crippen LogP contribution in [-0.2, 0) is 11.3 Å². The largest absolute Gasteiger partial charge is 0.301 e. The molecule has 0 amide bonds. The van der Waals surface area contributed by atoms with Gasteiger partial charge < -0.3 is 4.57 Å². The van der Waals surface area contributed by atoms with E-state index >= 15 is 0 Å². The van der Waals surface area contributed by atoms with Crippen molar-refractivity contribution in [3.63, 3.8) is 0 Å². The summed E-state index contributed by atoms with van der Waals surface area (Å²) < 4.78 is 1.96. The lowest BCUT2D eigenvalue weighted by molar-refractivity contribution is -0.117. The summed E-state index contributed by atoms with van der Waals surface area (Å²) in [5, 5.41) is 0.475. The Labute approximate surface area is 87.8 Å². The van der Waals surface area contributed by atoms with E-state index in [1.165, 1.54) is 11.5 Å². The summed E-state index contributed by atoms with van der Waals surface area (Å²) >= 11 is 14.5. The van der Waals surface area contributed by atoms with Gasteiger partial charge in [-0.25, -0.2) is 4.98 Å². The summed E-state index contributed by atoms with van der Waals surface area (Å²) in [5.74, 6) is -0.00772. The van der Waals surface area contributed by atoms with Gasteiger partial charge in [0.1, 0.15) is 10.9 Å². The standard InChI is InChI=1S/C6H5BrCl2N2O/c1-3(12)2-11-5(9)4(8)10-6(11)7/h2H2,1H3. The van der Waals surface area contributed by atoms with Gasteiger partial charge in [-0.15, -0.1) is 0 Å². The lowest BCUT2D eigenvalue weighted by Crippen LogP contribution is -2.06. The minimum atomic E-state index is -0.00772. The second-order valence-electron chi connectivity index (χ2n) is 2.25. The number of halogens is 3. The Morgan fingerprint density at radius 2 is 2.25 bits per heavy atom. The third-order valence-electron chi connectivity index (χ3n) is 1.20. The van der Waals surface area contributed by atoms with Gasteiger partial charge in [-0.05, 0) is 22.9 Å². The monoisotopic (exact) mass is 270 g/mol. The van der Waals surface area contributed by atoms with Gasteiger partial charge in [-0.2, -0.15) is 0 Å². The van der Waals surface area contributed by atoms with E-state index in [0.717, 1.165) is 0 Å². The summed E-state index contributed by atoms with van der Waals surface area (Å²) in [5.41, 5.74) is 0. The predicted octanol–water partition coefficient (Wildman–Crippen LogP) is 2.54. The van der Waals surface area contributed by atoms with Gasteiger partial charge in [-0.3, -0.25) is 4.79 Å². The average Bonchev–Trinajstić information content (AvgIpc) is 2.16. The van der Waals surface area contributed by atoms with Gasteiger partial charge in [-0.1, -0.05) is 23.2 Å². The summed E-state index contributed by atoms with van der Waals surface area (Å²) in [6, 6.07) is 0. The first kappa shape index (κ1) is 10.0. The smallest absolute Gasteiger partial charge is 0.180 e. The Morgan fingerprint density at radius 3 is 2.58 bits per heavy atom. The molecule has 0 bridgehead atoms. The first-order valence-electron chi connectivity index (χ1n) is 3.09. The number of carbonyl (C=O) groups excluding carboxylic acids is 1. The molecule has 1 heterocycles. The number of imidazole rings is 1. The number of carbonyl (C=O) groups is 1. The van der Waals surface area contributed by atoms with Crippen molar-refractivity contribution < 1.29 is 4.79 Å². The lowest BCUT2D eigenvalue weighted by atomic mass is 10.4. The molecule has 0 atom stereocenters. The van der Waals surface area contributed by atoms with Gasteiger partial charge in [0.15, 0.2) is 9.89 Å². The molecule has 0 aliphatic heterocycles. The van der Waals surface area contributed by atoms with Crippen LogP contribution in [0.1, 0.15) is 6.92 Å². The van der Waals surface area contributed by atoms with Crippen LogP contribution in [0.3, 0.4) is 0 Å². The number of hydrogen-bond acceptors (Lipinski definition) is 2. The van der Waals surface area contributed by atoms with Gasteiger partial charge in [0.05, 0.1) is 6.54 Å². The fourth-order valence-electron chi connectivity index (χ4n) is 0.737. The van der Waals surface area contributed by atoms with Crippen LogP contribution in [0.15, 0.2) is 4.73 Å². The highest BCUT2D eigenvalue weighted by Crippen LogP contribution is 2.25. The zero-order chi connectivity index (χ0) is 9.30. The van der Waals surface area contributed by atoms with Crippen LogP contribution in [-0.4, -0.2) is 15.3 Å². The van der Waals surface area contributed by atoms with E-state index in [4.69, 9.17) is 23.2 Å².